The van der Waals surface area contributed by atoms with Gasteiger partial charge in [0.1, 0.15) is 0 Å². The fourth-order valence-corrected chi connectivity index (χ4v) is 1.15. The third kappa shape index (κ3) is 5.42. The van der Waals surface area contributed by atoms with Crippen LogP contribution in [-0.2, 0) is 4.79 Å². The van der Waals surface area contributed by atoms with Crippen LogP contribution < -0.4 is 5.32 Å². The molecule has 0 bridgehead atoms. The Balaban J connectivity index is 3.43. The normalized spacial score (nSPS) is 12.6. The summed E-state index contributed by atoms with van der Waals surface area (Å²) in [5.74, 6) is 0.912. The molecule has 0 fully saturated rings. The SMILES string of the molecule is CCCC(C)C(=O)NCCCCl. The number of rotatable bonds is 6. The van der Waals surface area contributed by atoms with Crippen molar-refractivity contribution in [2.45, 2.75) is 33.1 Å². The largest absolute Gasteiger partial charge is 0.356 e. The quantitative estimate of drug-likeness (QED) is 0.506. The van der Waals surface area contributed by atoms with Crippen molar-refractivity contribution in [3.8, 4) is 0 Å². The predicted molar refractivity (Wildman–Crippen MR) is 52.4 cm³/mol. The van der Waals surface area contributed by atoms with Crippen molar-refractivity contribution in [1.82, 2.24) is 5.32 Å². The van der Waals surface area contributed by atoms with Gasteiger partial charge in [0.05, 0.1) is 0 Å². The Bertz CT molecular complexity index is 128. The maximum absolute atomic E-state index is 11.3. The number of alkyl halides is 1. The second-order valence-electron chi connectivity index (χ2n) is 3.02. The van der Waals surface area contributed by atoms with Gasteiger partial charge in [-0.15, -0.1) is 11.6 Å². The van der Waals surface area contributed by atoms with Crippen LogP contribution in [0.5, 0.6) is 0 Å². The molecule has 0 aliphatic carbocycles. The molecule has 1 N–H and O–H groups in total. The number of carbonyl (C=O) groups excluding carboxylic acids is 1. The van der Waals surface area contributed by atoms with Crippen LogP contribution in [0, 0.1) is 5.92 Å². The summed E-state index contributed by atoms with van der Waals surface area (Å²) in [6.45, 7) is 4.75. The number of carbonyl (C=O) groups is 1. The van der Waals surface area contributed by atoms with Crippen molar-refractivity contribution in [2.75, 3.05) is 12.4 Å². The molecule has 1 amide bonds. The molecule has 0 saturated carbocycles. The van der Waals surface area contributed by atoms with E-state index < -0.39 is 0 Å². The van der Waals surface area contributed by atoms with Crippen molar-refractivity contribution < 1.29 is 4.79 Å². The number of hydrogen-bond acceptors (Lipinski definition) is 1. The average Bonchev–Trinajstić information content (AvgIpc) is 2.05. The van der Waals surface area contributed by atoms with Gasteiger partial charge < -0.3 is 5.32 Å². The third-order valence-electron chi connectivity index (χ3n) is 1.78. The number of nitrogens with one attached hydrogen (secondary N) is 1. The van der Waals surface area contributed by atoms with Crippen molar-refractivity contribution in [3.63, 3.8) is 0 Å². The van der Waals surface area contributed by atoms with E-state index in [9.17, 15) is 4.79 Å². The van der Waals surface area contributed by atoms with E-state index >= 15 is 0 Å². The van der Waals surface area contributed by atoms with E-state index in [4.69, 9.17) is 11.6 Å². The highest BCUT2D eigenvalue weighted by atomic mass is 35.5. The summed E-state index contributed by atoms with van der Waals surface area (Å²) < 4.78 is 0. The zero-order valence-electron chi connectivity index (χ0n) is 7.90. The van der Waals surface area contributed by atoms with Gasteiger partial charge in [0.2, 0.25) is 5.91 Å². The number of amides is 1. The first kappa shape index (κ1) is 11.8. The van der Waals surface area contributed by atoms with Gasteiger partial charge in [-0.3, -0.25) is 4.79 Å². The molecule has 0 aliphatic heterocycles. The number of hydrogen-bond donors (Lipinski definition) is 1. The van der Waals surface area contributed by atoms with Crippen molar-refractivity contribution in [1.29, 1.82) is 0 Å². The summed E-state index contributed by atoms with van der Waals surface area (Å²) in [7, 11) is 0. The minimum Gasteiger partial charge on any atom is -0.356 e. The fraction of sp³-hybridized carbons (Fsp3) is 0.889. The van der Waals surface area contributed by atoms with E-state index in [0.29, 0.717) is 12.4 Å². The van der Waals surface area contributed by atoms with Gasteiger partial charge in [0.15, 0.2) is 0 Å². The van der Waals surface area contributed by atoms with E-state index in [-0.39, 0.29) is 11.8 Å². The van der Waals surface area contributed by atoms with Gasteiger partial charge in [-0.05, 0) is 12.8 Å². The first-order chi connectivity index (χ1) is 5.72. The van der Waals surface area contributed by atoms with Gasteiger partial charge in [0.25, 0.3) is 0 Å². The number of halogens is 1. The van der Waals surface area contributed by atoms with Crippen LogP contribution >= 0.6 is 11.6 Å². The standard InChI is InChI=1S/C9H18ClNO/c1-3-5-8(2)9(12)11-7-4-6-10/h8H,3-7H2,1-2H3,(H,11,12). The molecule has 0 aromatic rings. The maximum Gasteiger partial charge on any atom is 0.222 e. The molecular formula is C9H18ClNO. The molecule has 0 spiro atoms. The van der Waals surface area contributed by atoms with E-state index in [0.717, 1.165) is 19.3 Å². The van der Waals surface area contributed by atoms with Crippen LogP contribution in [0.2, 0.25) is 0 Å². The highest BCUT2D eigenvalue weighted by molar-refractivity contribution is 6.17. The first-order valence-corrected chi connectivity index (χ1v) is 5.09. The molecule has 0 aliphatic rings. The third-order valence-corrected chi connectivity index (χ3v) is 2.05. The second kappa shape index (κ2) is 7.41. The lowest BCUT2D eigenvalue weighted by molar-refractivity contribution is -0.124. The summed E-state index contributed by atoms with van der Waals surface area (Å²) in [6, 6.07) is 0. The Morgan fingerprint density at radius 2 is 2.25 bits per heavy atom. The molecule has 0 rings (SSSR count). The molecule has 72 valence electrons. The summed E-state index contributed by atoms with van der Waals surface area (Å²) in [6.07, 6.45) is 2.88. The van der Waals surface area contributed by atoms with Gasteiger partial charge in [-0.2, -0.15) is 0 Å². The molecule has 0 aromatic carbocycles. The van der Waals surface area contributed by atoms with Crippen LogP contribution in [-0.4, -0.2) is 18.3 Å². The molecule has 0 radical (unpaired) electrons. The Hall–Kier alpha value is -0.240. The highest BCUT2D eigenvalue weighted by Gasteiger charge is 2.09. The summed E-state index contributed by atoms with van der Waals surface area (Å²) in [5, 5.41) is 2.84. The van der Waals surface area contributed by atoms with Crippen LogP contribution in [0.15, 0.2) is 0 Å². The lowest BCUT2D eigenvalue weighted by Crippen LogP contribution is -2.30. The highest BCUT2D eigenvalue weighted by Crippen LogP contribution is 2.04. The second-order valence-corrected chi connectivity index (χ2v) is 3.40. The molecule has 1 unspecified atom stereocenters. The maximum atomic E-state index is 11.3. The van der Waals surface area contributed by atoms with Crippen LogP contribution in [0.1, 0.15) is 33.1 Å². The average molecular weight is 192 g/mol. The van der Waals surface area contributed by atoms with Gasteiger partial charge in [0, 0.05) is 18.3 Å². The smallest absolute Gasteiger partial charge is 0.222 e. The van der Waals surface area contributed by atoms with Crippen LogP contribution in [0.3, 0.4) is 0 Å². The van der Waals surface area contributed by atoms with Gasteiger partial charge >= 0.3 is 0 Å². The van der Waals surface area contributed by atoms with Gasteiger partial charge in [-0.25, -0.2) is 0 Å². The lowest BCUT2D eigenvalue weighted by Gasteiger charge is -2.09. The molecule has 0 aromatic heterocycles. The van der Waals surface area contributed by atoms with E-state index in [1.54, 1.807) is 0 Å². The topological polar surface area (TPSA) is 29.1 Å². The van der Waals surface area contributed by atoms with Crippen LogP contribution in [0.25, 0.3) is 0 Å². The van der Waals surface area contributed by atoms with Gasteiger partial charge in [-0.1, -0.05) is 20.3 Å². The molecule has 1 atom stereocenters. The van der Waals surface area contributed by atoms with Crippen LogP contribution in [0.4, 0.5) is 0 Å². The van der Waals surface area contributed by atoms with Crippen molar-refractivity contribution in [3.05, 3.63) is 0 Å². The summed E-state index contributed by atoms with van der Waals surface area (Å²) >= 11 is 5.47. The fourth-order valence-electron chi connectivity index (χ4n) is 1.02. The predicted octanol–water partition coefficient (Wildman–Crippen LogP) is 2.17. The summed E-state index contributed by atoms with van der Waals surface area (Å²) in [4.78, 5) is 11.3. The Kier molecular flexibility index (Phi) is 7.26. The molecular weight excluding hydrogens is 174 g/mol. The van der Waals surface area contributed by atoms with Crippen molar-refractivity contribution in [2.24, 2.45) is 5.92 Å². The van der Waals surface area contributed by atoms with E-state index in [2.05, 4.69) is 12.2 Å². The Morgan fingerprint density at radius 1 is 1.58 bits per heavy atom. The molecule has 3 heteroatoms. The lowest BCUT2D eigenvalue weighted by atomic mass is 10.1. The monoisotopic (exact) mass is 191 g/mol. The Labute approximate surface area is 79.7 Å². The Morgan fingerprint density at radius 3 is 2.75 bits per heavy atom. The molecule has 0 heterocycles. The minimum atomic E-state index is 0.144. The zero-order valence-corrected chi connectivity index (χ0v) is 8.66. The molecule has 2 nitrogen and oxygen atoms in total. The molecule has 0 saturated heterocycles. The zero-order chi connectivity index (χ0) is 9.40. The van der Waals surface area contributed by atoms with Crippen molar-refractivity contribution >= 4 is 17.5 Å². The van der Waals surface area contributed by atoms with E-state index in [1.165, 1.54) is 0 Å². The van der Waals surface area contributed by atoms with E-state index in [1.807, 2.05) is 6.92 Å². The first-order valence-electron chi connectivity index (χ1n) is 4.56. The minimum absolute atomic E-state index is 0.144. The summed E-state index contributed by atoms with van der Waals surface area (Å²) in [5.41, 5.74) is 0. The molecule has 12 heavy (non-hydrogen) atoms.